The second-order valence-electron chi connectivity index (χ2n) is 5.83. The minimum absolute atomic E-state index is 0.0970. The summed E-state index contributed by atoms with van der Waals surface area (Å²) in [7, 11) is 1.37. The van der Waals surface area contributed by atoms with Crippen molar-refractivity contribution in [3.8, 4) is 0 Å². The van der Waals surface area contributed by atoms with Gasteiger partial charge in [0.05, 0.1) is 6.61 Å². The summed E-state index contributed by atoms with van der Waals surface area (Å²) in [6, 6.07) is -1.81. The summed E-state index contributed by atoms with van der Waals surface area (Å²) < 4.78 is 9.90. The average molecular weight is 302 g/mol. The Balaban J connectivity index is 2.64. The van der Waals surface area contributed by atoms with Gasteiger partial charge in [-0.3, -0.25) is 4.79 Å². The van der Waals surface area contributed by atoms with Crippen molar-refractivity contribution in [2.75, 3.05) is 20.3 Å². The molecule has 21 heavy (non-hydrogen) atoms. The quantitative estimate of drug-likeness (QED) is 0.752. The third-order valence-corrected chi connectivity index (χ3v) is 2.92. The van der Waals surface area contributed by atoms with Gasteiger partial charge in [0.25, 0.3) is 0 Å². The van der Waals surface area contributed by atoms with E-state index in [1.165, 1.54) is 12.0 Å². The van der Waals surface area contributed by atoms with E-state index in [1.807, 2.05) is 0 Å². The Morgan fingerprint density at radius 1 is 1.48 bits per heavy atom. The van der Waals surface area contributed by atoms with Crippen molar-refractivity contribution in [3.63, 3.8) is 0 Å². The molecule has 1 aliphatic rings. The number of nitrogens with one attached hydrogen (secondary N) is 1. The summed E-state index contributed by atoms with van der Waals surface area (Å²) in [6.07, 6.45) is -0.354. The Bertz CT molecular complexity index is 417. The second kappa shape index (κ2) is 6.75. The normalized spacial score (nSPS) is 20.3. The van der Waals surface area contributed by atoms with Crippen molar-refractivity contribution in [1.29, 1.82) is 0 Å². The molecule has 0 unspecified atom stereocenters. The number of alkyl carbamates (subject to hydrolysis) is 1. The number of rotatable bonds is 5. The van der Waals surface area contributed by atoms with E-state index in [0.717, 1.165) is 0 Å². The predicted octanol–water partition coefficient (Wildman–Crippen LogP) is 0.212. The third-order valence-electron chi connectivity index (χ3n) is 2.92. The van der Waals surface area contributed by atoms with Crippen LogP contribution in [0.2, 0.25) is 0 Å². The SMILES string of the molecule is COC[C@@H](C(=O)O)N1CC[C@H](NC(=O)OC(C)(C)C)C1=O. The molecule has 1 saturated heterocycles. The molecule has 0 saturated carbocycles. The molecule has 0 aromatic carbocycles. The molecule has 0 aromatic heterocycles. The molecule has 1 aliphatic heterocycles. The Hall–Kier alpha value is -1.83. The summed E-state index contributed by atoms with van der Waals surface area (Å²) in [5.74, 6) is -1.58. The first-order valence-electron chi connectivity index (χ1n) is 6.67. The van der Waals surface area contributed by atoms with Gasteiger partial charge in [0.15, 0.2) is 6.04 Å². The first-order valence-corrected chi connectivity index (χ1v) is 6.67. The number of amides is 2. The summed E-state index contributed by atoms with van der Waals surface area (Å²) in [4.78, 5) is 36.2. The van der Waals surface area contributed by atoms with Crippen molar-refractivity contribution >= 4 is 18.0 Å². The lowest BCUT2D eigenvalue weighted by Gasteiger charge is -2.24. The van der Waals surface area contributed by atoms with Crippen LogP contribution in [-0.2, 0) is 19.1 Å². The average Bonchev–Trinajstić information content (AvgIpc) is 2.65. The molecule has 0 bridgehead atoms. The largest absolute Gasteiger partial charge is 0.480 e. The van der Waals surface area contributed by atoms with Gasteiger partial charge in [0.2, 0.25) is 5.91 Å². The van der Waals surface area contributed by atoms with Crippen LogP contribution in [0.25, 0.3) is 0 Å². The highest BCUT2D eigenvalue weighted by molar-refractivity contribution is 5.91. The van der Waals surface area contributed by atoms with E-state index in [-0.39, 0.29) is 13.2 Å². The van der Waals surface area contributed by atoms with Crippen LogP contribution < -0.4 is 5.32 Å². The topological polar surface area (TPSA) is 105 Å². The highest BCUT2D eigenvalue weighted by atomic mass is 16.6. The van der Waals surface area contributed by atoms with Gasteiger partial charge < -0.3 is 24.8 Å². The number of hydrogen-bond donors (Lipinski definition) is 2. The minimum Gasteiger partial charge on any atom is -0.480 e. The number of nitrogens with zero attached hydrogens (tertiary/aromatic N) is 1. The van der Waals surface area contributed by atoms with E-state index >= 15 is 0 Å². The Labute approximate surface area is 123 Å². The van der Waals surface area contributed by atoms with Crippen LogP contribution in [0.5, 0.6) is 0 Å². The number of carbonyl (C=O) groups is 3. The molecule has 8 heteroatoms. The molecule has 0 aromatic rings. The summed E-state index contributed by atoms with van der Waals surface area (Å²) >= 11 is 0. The number of carboxylic acids is 1. The summed E-state index contributed by atoms with van der Waals surface area (Å²) in [5.41, 5.74) is -0.662. The van der Waals surface area contributed by atoms with Gasteiger partial charge in [-0.25, -0.2) is 9.59 Å². The van der Waals surface area contributed by atoms with Gasteiger partial charge in [0, 0.05) is 13.7 Å². The van der Waals surface area contributed by atoms with Gasteiger partial charge in [-0.1, -0.05) is 0 Å². The molecule has 120 valence electrons. The Morgan fingerprint density at radius 3 is 2.57 bits per heavy atom. The highest BCUT2D eigenvalue weighted by Gasteiger charge is 2.40. The first-order chi connectivity index (χ1) is 9.65. The van der Waals surface area contributed by atoms with Crippen LogP contribution in [-0.4, -0.2) is 65.9 Å². The molecule has 2 N–H and O–H groups in total. The molecule has 0 aliphatic carbocycles. The molecule has 1 heterocycles. The smallest absolute Gasteiger partial charge is 0.408 e. The number of aliphatic carboxylic acids is 1. The van der Waals surface area contributed by atoms with E-state index in [0.29, 0.717) is 6.42 Å². The number of likely N-dealkylation sites (tertiary alicyclic amines) is 1. The van der Waals surface area contributed by atoms with E-state index in [2.05, 4.69) is 5.32 Å². The lowest BCUT2D eigenvalue weighted by molar-refractivity contribution is -0.150. The first kappa shape index (κ1) is 17.2. The standard InChI is InChI=1S/C13H22N2O6/c1-13(2,3)21-12(19)14-8-5-6-15(10(8)16)9(7-20-4)11(17)18/h8-9H,5-7H2,1-4H3,(H,14,19)(H,17,18)/t8-,9-/m0/s1. The summed E-state index contributed by atoms with van der Waals surface area (Å²) in [5, 5.41) is 11.6. The van der Waals surface area contributed by atoms with E-state index in [9.17, 15) is 14.4 Å². The number of methoxy groups -OCH3 is 1. The number of carboxylic acid groups (broad SMARTS) is 1. The summed E-state index contributed by atoms with van der Waals surface area (Å²) in [6.45, 7) is 5.30. The van der Waals surface area contributed by atoms with E-state index in [1.54, 1.807) is 20.8 Å². The van der Waals surface area contributed by atoms with Gasteiger partial charge in [-0.2, -0.15) is 0 Å². The fraction of sp³-hybridized carbons (Fsp3) is 0.769. The van der Waals surface area contributed by atoms with Crippen LogP contribution in [0.3, 0.4) is 0 Å². The molecule has 8 nitrogen and oxygen atoms in total. The molecule has 1 rings (SSSR count). The zero-order valence-corrected chi connectivity index (χ0v) is 12.7. The fourth-order valence-electron chi connectivity index (χ4n) is 2.05. The fourth-order valence-corrected chi connectivity index (χ4v) is 2.05. The van der Waals surface area contributed by atoms with Crippen molar-refractivity contribution in [1.82, 2.24) is 10.2 Å². The van der Waals surface area contributed by atoms with Crippen molar-refractivity contribution in [3.05, 3.63) is 0 Å². The van der Waals surface area contributed by atoms with Gasteiger partial charge in [-0.05, 0) is 27.2 Å². The van der Waals surface area contributed by atoms with Crippen LogP contribution in [0.4, 0.5) is 4.79 Å². The molecular weight excluding hydrogens is 280 g/mol. The molecule has 2 atom stereocenters. The lowest BCUT2D eigenvalue weighted by atomic mass is 10.2. The number of ether oxygens (including phenoxy) is 2. The van der Waals surface area contributed by atoms with Crippen molar-refractivity contribution in [2.45, 2.75) is 44.9 Å². The number of carbonyl (C=O) groups excluding carboxylic acids is 2. The highest BCUT2D eigenvalue weighted by Crippen LogP contribution is 2.16. The number of hydrogen-bond acceptors (Lipinski definition) is 5. The molecular formula is C13H22N2O6. The van der Waals surface area contributed by atoms with Crippen LogP contribution in [0.15, 0.2) is 0 Å². The predicted molar refractivity (Wildman–Crippen MR) is 72.8 cm³/mol. The van der Waals surface area contributed by atoms with Crippen LogP contribution >= 0.6 is 0 Å². The maximum atomic E-state index is 12.2. The maximum Gasteiger partial charge on any atom is 0.408 e. The Morgan fingerprint density at radius 2 is 2.10 bits per heavy atom. The van der Waals surface area contributed by atoms with Gasteiger partial charge in [-0.15, -0.1) is 0 Å². The van der Waals surface area contributed by atoms with Crippen molar-refractivity contribution < 1.29 is 29.0 Å². The monoisotopic (exact) mass is 302 g/mol. The minimum atomic E-state index is -1.14. The van der Waals surface area contributed by atoms with Crippen molar-refractivity contribution in [2.24, 2.45) is 0 Å². The van der Waals surface area contributed by atoms with E-state index < -0.39 is 35.7 Å². The zero-order chi connectivity index (χ0) is 16.2. The van der Waals surface area contributed by atoms with Crippen LogP contribution in [0.1, 0.15) is 27.2 Å². The molecule has 0 spiro atoms. The molecule has 2 amide bonds. The van der Waals surface area contributed by atoms with E-state index in [4.69, 9.17) is 14.6 Å². The van der Waals surface area contributed by atoms with Crippen LogP contribution in [0, 0.1) is 0 Å². The van der Waals surface area contributed by atoms with Gasteiger partial charge >= 0.3 is 12.1 Å². The second-order valence-corrected chi connectivity index (χ2v) is 5.83. The Kier molecular flexibility index (Phi) is 5.54. The lowest BCUT2D eigenvalue weighted by Crippen LogP contribution is -2.49. The zero-order valence-electron chi connectivity index (χ0n) is 12.7. The molecule has 0 radical (unpaired) electrons. The molecule has 1 fully saturated rings. The van der Waals surface area contributed by atoms with Gasteiger partial charge in [0.1, 0.15) is 11.6 Å². The maximum absolute atomic E-state index is 12.2. The third kappa shape index (κ3) is 4.89.